The molecule has 2 bridgehead atoms. The number of halogens is 1. The monoisotopic (exact) mass is 323 g/mol. The summed E-state index contributed by atoms with van der Waals surface area (Å²) in [7, 11) is 0. The molecule has 122 valence electrons. The summed E-state index contributed by atoms with van der Waals surface area (Å²) >= 11 is 0. The number of rotatable bonds is 3. The molecule has 2 aromatic rings. The molecule has 0 amide bonds. The smallest absolute Gasteiger partial charge is 0.149 e. The Morgan fingerprint density at radius 3 is 2.71 bits per heavy atom. The topological polar surface area (TPSA) is 57.9 Å². The van der Waals surface area contributed by atoms with Crippen LogP contribution < -0.4 is 10.1 Å². The van der Waals surface area contributed by atoms with Gasteiger partial charge in [0.1, 0.15) is 23.4 Å². The molecule has 2 fully saturated rings. The van der Waals surface area contributed by atoms with Crippen molar-refractivity contribution < 1.29 is 9.13 Å². The first-order chi connectivity index (χ1) is 11.7. The highest BCUT2D eigenvalue weighted by Crippen LogP contribution is 2.32. The number of nitrogens with zero attached hydrogens (tertiary/aromatic N) is 2. The normalized spacial score (nSPS) is 25.2. The van der Waals surface area contributed by atoms with Gasteiger partial charge < -0.3 is 10.1 Å². The van der Waals surface area contributed by atoms with E-state index in [1.165, 1.54) is 18.9 Å². The summed E-state index contributed by atoms with van der Waals surface area (Å²) in [6, 6.07) is 11.2. The van der Waals surface area contributed by atoms with Gasteiger partial charge in [-0.25, -0.2) is 4.39 Å². The lowest BCUT2D eigenvalue weighted by molar-refractivity contribution is 0.137. The van der Waals surface area contributed by atoms with Gasteiger partial charge in [-0.3, -0.25) is 4.98 Å². The second kappa shape index (κ2) is 6.21. The Kier molecular flexibility index (Phi) is 3.91. The van der Waals surface area contributed by atoms with Crippen LogP contribution >= 0.6 is 0 Å². The Hall–Kier alpha value is -2.45. The van der Waals surface area contributed by atoms with E-state index in [9.17, 15) is 9.65 Å². The van der Waals surface area contributed by atoms with E-state index < -0.39 is 5.82 Å². The number of aromatic nitrogens is 1. The minimum Gasteiger partial charge on any atom is -0.490 e. The maximum Gasteiger partial charge on any atom is 0.149 e. The predicted molar refractivity (Wildman–Crippen MR) is 87.9 cm³/mol. The fourth-order valence-corrected chi connectivity index (χ4v) is 3.76. The molecule has 0 spiro atoms. The van der Waals surface area contributed by atoms with Crippen LogP contribution in [0.5, 0.6) is 5.75 Å². The summed E-state index contributed by atoms with van der Waals surface area (Å²) in [4.78, 5) is 4.10. The van der Waals surface area contributed by atoms with E-state index in [0.29, 0.717) is 29.0 Å². The van der Waals surface area contributed by atoms with Crippen LogP contribution in [0.4, 0.5) is 4.39 Å². The van der Waals surface area contributed by atoms with Crippen LogP contribution in [0.1, 0.15) is 31.2 Å². The average molecular weight is 323 g/mol. The highest BCUT2D eigenvalue weighted by Gasteiger charge is 2.34. The minimum atomic E-state index is -0.404. The lowest BCUT2D eigenvalue weighted by Gasteiger charge is -2.29. The van der Waals surface area contributed by atoms with Crippen molar-refractivity contribution in [3.63, 3.8) is 0 Å². The van der Waals surface area contributed by atoms with E-state index >= 15 is 0 Å². The first-order valence-corrected chi connectivity index (χ1v) is 8.30. The molecule has 4 rings (SSSR count). The van der Waals surface area contributed by atoms with E-state index in [2.05, 4.69) is 16.4 Å². The second-order valence-electron chi connectivity index (χ2n) is 6.54. The molecule has 3 atom stereocenters. The lowest BCUT2D eigenvalue weighted by atomic mass is 10.0. The summed E-state index contributed by atoms with van der Waals surface area (Å²) in [6.45, 7) is 0. The number of benzene rings is 1. The SMILES string of the molecule is N#Cc1cc(O[C@@H]2C[C@H]3CC[C@@H](C2)N3)cc(-c2ncccc2F)c1. The van der Waals surface area contributed by atoms with Crippen LogP contribution in [0.25, 0.3) is 11.3 Å². The molecule has 2 saturated heterocycles. The van der Waals surface area contributed by atoms with E-state index in [0.717, 1.165) is 12.8 Å². The van der Waals surface area contributed by atoms with Gasteiger partial charge in [-0.1, -0.05) is 0 Å². The van der Waals surface area contributed by atoms with Gasteiger partial charge in [-0.2, -0.15) is 5.26 Å². The third-order valence-electron chi connectivity index (χ3n) is 4.80. The van der Waals surface area contributed by atoms with Crippen molar-refractivity contribution in [2.75, 3.05) is 0 Å². The second-order valence-corrected chi connectivity index (χ2v) is 6.54. The number of hydrogen-bond acceptors (Lipinski definition) is 4. The van der Waals surface area contributed by atoms with Gasteiger partial charge in [0.2, 0.25) is 0 Å². The molecule has 4 nitrogen and oxygen atoms in total. The number of nitrogens with one attached hydrogen (secondary N) is 1. The van der Waals surface area contributed by atoms with Gasteiger partial charge >= 0.3 is 0 Å². The highest BCUT2D eigenvalue weighted by atomic mass is 19.1. The molecule has 3 heterocycles. The lowest BCUT2D eigenvalue weighted by Crippen LogP contribution is -2.42. The Bertz CT molecular complexity index is 789. The van der Waals surface area contributed by atoms with Gasteiger partial charge in [0.15, 0.2) is 0 Å². The zero-order chi connectivity index (χ0) is 16.5. The predicted octanol–water partition coefficient (Wildman–Crippen LogP) is 3.42. The van der Waals surface area contributed by atoms with E-state index in [1.54, 1.807) is 30.5 Å². The molecule has 5 heteroatoms. The van der Waals surface area contributed by atoms with Crippen molar-refractivity contribution in [2.45, 2.75) is 43.9 Å². The molecule has 1 N–H and O–H groups in total. The fourth-order valence-electron chi connectivity index (χ4n) is 3.76. The molecule has 1 aromatic heterocycles. The van der Waals surface area contributed by atoms with Gasteiger partial charge in [0.25, 0.3) is 0 Å². The quantitative estimate of drug-likeness (QED) is 0.940. The van der Waals surface area contributed by atoms with Crippen LogP contribution in [0.2, 0.25) is 0 Å². The van der Waals surface area contributed by atoms with Gasteiger partial charge in [-0.15, -0.1) is 0 Å². The van der Waals surface area contributed by atoms with E-state index in [-0.39, 0.29) is 11.8 Å². The third kappa shape index (κ3) is 2.98. The van der Waals surface area contributed by atoms with E-state index in [1.807, 2.05) is 0 Å². The molecular formula is C19H18FN3O. The minimum absolute atomic E-state index is 0.138. The Labute approximate surface area is 140 Å². The number of piperidine rings is 1. The molecule has 2 aliphatic rings. The largest absolute Gasteiger partial charge is 0.490 e. The molecule has 0 aliphatic carbocycles. The maximum atomic E-state index is 14.0. The maximum absolute atomic E-state index is 14.0. The van der Waals surface area contributed by atoms with E-state index in [4.69, 9.17) is 4.74 Å². The molecule has 0 unspecified atom stereocenters. The first-order valence-electron chi connectivity index (χ1n) is 8.30. The van der Waals surface area contributed by atoms with Crippen molar-refractivity contribution in [2.24, 2.45) is 0 Å². The molecule has 24 heavy (non-hydrogen) atoms. The van der Waals surface area contributed by atoms with Gasteiger partial charge in [0, 0.05) is 23.8 Å². The van der Waals surface area contributed by atoms with Crippen LogP contribution in [0.3, 0.4) is 0 Å². The standard InChI is InChI=1S/C19H18FN3O/c20-18-2-1-5-22-19(18)13-6-12(11-21)7-16(8-13)24-17-9-14-3-4-15(10-17)23-14/h1-2,5-8,14-15,17,23H,3-4,9-10H2/t14-,15+,17-. The molecule has 1 aromatic carbocycles. The van der Waals surface area contributed by atoms with Gasteiger partial charge in [0.05, 0.1) is 11.6 Å². The van der Waals surface area contributed by atoms with Crippen molar-refractivity contribution >= 4 is 0 Å². The number of pyridine rings is 1. The number of hydrogen-bond donors (Lipinski definition) is 1. The summed E-state index contributed by atoms with van der Waals surface area (Å²) < 4.78 is 20.2. The summed E-state index contributed by atoms with van der Waals surface area (Å²) in [6.07, 6.45) is 6.03. The summed E-state index contributed by atoms with van der Waals surface area (Å²) in [5.74, 6) is 0.207. The number of fused-ring (bicyclic) bond motifs is 2. The Morgan fingerprint density at radius 1 is 1.21 bits per heavy atom. The number of ether oxygens (including phenoxy) is 1. The van der Waals surface area contributed by atoms with Crippen molar-refractivity contribution in [3.05, 3.63) is 47.9 Å². The van der Waals surface area contributed by atoms with Crippen molar-refractivity contribution in [3.8, 4) is 23.1 Å². The molecule has 0 radical (unpaired) electrons. The molecule has 0 saturated carbocycles. The van der Waals surface area contributed by atoms with Crippen LogP contribution in [0, 0.1) is 17.1 Å². The molecule has 2 aliphatic heterocycles. The molecular weight excluding hydrogens is 305 g/mol. The Balaban J connectivity index is 1.63. The van der Waals surface area contributed by atoms with Crippen molar-refractivity contribution in [1.29, 1.82) is 5.26 Å². The summed E-state index contributed by atoms with van der Waals surface area (Å²) in [5, 5.41) is 12.9. The highest BCUT2D eigenvalue weighted by molar-refractivity contribution is 5.64. The average Bonchev–Trinajstić information content (AvgIpc) is 2.93. The first kappa shape index (κ1) is 15.1. The van der Waals surface area contributed by atoms with Crippen molar-refractivity contribution in [1.82, 2.24) is 10.3 Å². The Morgan fingerprint density at radius 2 is 2.00 bits per heavy atom. The van der Waals surface area contributed by atoms with Crippen LogP contribution in [-0.2, 0) is 0 Å². The van der Waals surface area contributed by atoms with Crippen LogP contribution in [0.15, 0.2) is 36.5 Å². The zero-order valence-electron chi connectivity index (χ0n) is 13.2. The summed E-state index contributed by atoms with van der Waals surface area (Å²) in [5.41, 5.74) is 1.26. The van der Waals surface area contributed by atoms with Gasteiger partial charge in [-0.05, 0) is 56.0 Å². The van der Waals surface area contributed by atoms with Crippen LogP contribution in [-0.4, -0.2) is 23.2 Å². The zero-order valence-corrected chi connectivity index (χ0v) is 13.2. The number of nitriles is 1. The fraction of sp³-hybridized carbons (Fsp3) is 0.368. The third-order valence-corrected chi connectivity index (χ3v) is 4.80.